The molecule has 30 heavy (non-hydrogen) atoms. The van der Waals surface area contributed by atoms with E-state index in [0.717, 1.165) is 17.0 Å². The van der Waals surface area contributed by atoms with Crippen molar-refractivity contribution >= 4 is 17.3 Å². The number of allylic oxidation sites excluding steroid dienone is 1. The zero-order valence-electron chi connectivity index (χ0n) is 15.9. The van der Waals surface area contributed by atoms with Crippen molar-refractivity contribution < 1.29 is 9.53 Å². The third kappa shape index (κ3) is 3.16. The Labute approximate surface area is 171 Å². The molecule has 4 heterocycles. The van der Waals surface area contributed by atoms with Crippen LogP contribution in [-0.2, 0) is 11.3 Å². The molecule has 0 saturated carbocycles. The Bertz CT molecular complexity index is 1210. The molecule has 150 valence electrons. The van der Waals surface area contributed by atoms with Crippen molar-refractivity contribution in [3.63, 3.8) is 0 Å². The van der Waals surface area contributed by atoms with E-state index in [4.69, 9.17) is 15.5 Å². The van der Waals surface area contributed by atoms with Crippen LogP contribution >= 0.6 is 0 Å². The van der Waals surface area contributed by atoms with E-state index in [2.05, 4.69) is 33.1 Å². The Morgan fingerprint density at radius 1 is 1.23 bits per heavy atom. The summed E-state index contributed by atoms with van der Waals surface area (Å²) in [6.45, 7) is 0.626. The Morgan fingerprint density at radius 2 is 2.10 bits per heavy atom. The lowest BCUT2D eigenvalue weighted by Gasteiger charge is -2.28. The molecule has 9 nitrogen and oxygen atoms in total. The van der Waals surface area contributed by atoms with E-state index in [1.165, 1.54) is 4.52 Å². The number of ether oxygens (including phenoxy) is 1. The fourth-order valence-electron chi connectivity index (χ4n) is 3.52. The van der Waals surface area contributed by atoms with Gasteiger partial charge >= 0.3 is 0 Å². The molecule has 0 aliphatic carbocycles. The summed E-state index contributed by atoms with van der Waals surface area (Å²) < 4.78 is 7.13. The number of carbonyl (C=O) groups is 1. The number of pyridine rings is 1. The number of hydrogen-bond acceptors (Lipinski definition) is 7. The average Bonchev–Trinajstić information content (AvgIpc) is 3.22. The predicted octanol–water partition coefficient (Wildman–Crippen LogP) is 1.76. The lowest BCUT2D eigenvalue weighted by atomic mass is 10.1. The summed E-state index contributed by atoms with van der Waals surface area (Å²) in [6.07, 6.45) is 3.75. The summed E-state index contributed by atoms with van der Waals surface area (Å²) >= 11 is 0. The first kappa shape index (κ1) is 17.9. The van der Waals surface area contributed by atoms with Gasteiger partial charge in [-0.2, -0.15) is 0 Å². The molecule has 0 spiro atoms. The van der Waals surface area contributed by atoms with Gasteiger partial charge in [0.2, 0.25) is 5.88 Å². The van der Waals surface area contributed by atoms with Gasteiger partial charge in [0.25, 0.3) is 5.91 Å². The quantitative estimate of drug-likeness (QED) is 0.613. The van der Waals surface area contributed by atoms with Gasteiger partial charge in [-0.3, -0.25) is 4.79 Å². The number of amides is 1. The van der Waals surface area contributed by atoms with E-state index >= 15 is 0 Å². The smallest absolute Gasteiger partial charge is 0.267 e. The maximum absolute atomic E-state index is 11.7. The molecule has 5 rings (SSSR count). The van der Waals surface area contributed by atoms with Gasteiger partial charge in [-0.15, -0.1) is 5.10 Å². The highest BCUT2D eigenvalue weighted by Crippen LogP contribution is 2.28. The number of aliphatic imine (C=N–C) groups is 1. The number of rotatable bonds is 4. The van der Waals surface area contributed by atoms with Crippen molar-refractivity contribution in [2.24, 2.45) is 10.7 Å². The standard InChI is InChI=1S/C21H19N7O2/c22-18(29)16-10-4-9-15-17(26-27-28(15)16)20-24-19(14-8-5-11-30-21(14)25-20)23-12-13-6-2-1-3-7-13/h1-7,9-11,20,25H,8,12H2,(H2,22,29)(H,23,24). The Kier molecular flexibility index (Phi) is 4.40. The zero-order valence-corrected chi connectivity index (χ0v) is 15.9. The van der Waals surface area contributed by atoms with Crippen LogP contribution in [0.5, 0.6) is 0 Å². The van der Waals surface area contributed by atoms with Crippen molar-refractivity contribution in [1.29, 1.82) is 0 Å². The molecule has 9 heteroatoms. The lowest BCUT2D eigenvalue weighted by Crippen LogP contribution is -2.36. The van der Waals surface area contributed by atoms with Crippen molar-refractivity contribution in [3.05, 3.63) is 89.3 Å². The van der Waals surface area contributed by atoms with E-state index < -0.39 is 12.1 Å². The fourth-order valence-corrected chi connectivity index (χ4v) is 3.52. The molecule has 0 fully saturated rings. The molecule has 0 radical (unpaired) electrons. The number of nitrogens with one attached hydrogen (secondary N) is 2. The Balaban J connectivity index is 1.50. The molecular formula is C21H19N7O2. The molecule has 1 atom stereocenters. The van der Waals surface area contributed by atoms with Gasteiger partial charge in [0.1, 0.15) is 17.2 Å². The van der Waals surface area contributed by atoms with Gasteiger partial charge < -0.3 is 21.1 Å². The summed E-state index contributed by atoms with van der Waals surface area (Å²) in [4.78, 5) is 16.5. The number of nitrogens with zero attached hydrogens (tertiary/aromatic N) is 4. The van der Waals surface area contributed by atoms with Gasteiger partial charge in [-0.25, -0.2) is 9.51 Å². The first-order valence-corrected chi connectivity index (χ1v) is 9.52. The maximum atomic E-state index is 11.7. The minimum absolute atomic E-state index is 0.255. The molecule has 1 unspecified atom stereocenters. The molecule has 4 N–H and O–H groups in total. The zero-order chi connectivity index (χ0) is 20.5. The second-order valence-corrected chi connectivity index (χ2v) is 6.91. The molecule has 0 bridgehead atoms. The predicted molar refractivity (Wildman–Crippen MR) is 110 cm³/mol. The summed E-state index contributed by atoms with van der Waals surface area (Å²) in [6, 6.07) is 15.3. The lowest BCUT2D eigenvalue weighted by molar-refractivity contribution is 0.0993. The van der Waals surface area contributed by atoms with Crippen LogP contribution in [0.1, 0.15) is 34.3 Å². The SMILES string of the molecule is NC(=O)c1cccc2c(C3N=C(NCc4ccccc4)C4=C(N3)OC=CC4)nnn12. The molecule has 1 amide bonds. The third-order valence-corrected chi connectivity index (χ3v) is 4.97. The van der Waals surface area contributed by atoms with Crippen LogP contribution in [0.4, 0.5) is 0 Å². The van der Waals surface area contributed by atoms with Crippen LogP contribution in [0.25, 0.3) is 5.52 Å². The van der Waals surface area contributed by atoms with Gasteiger partial charge in [0.05, 0.1) is 17.4 Å². The van der Waals surface area contributed by atoms with Crippen LogP contribution in [0.15, 0.2) is 77.3 Å². The number of nitrogens with two attached hydrogens (primary N) is 1. The van der Waals surface area contributed by atoms with E-state index in [1.807, 2.05) is 30.3 Å². The second kappa shape index (κ2) is 7.36. The molecule has 1 aromatic carbocycles. The Morgan fingerprint density at radius 3 is 2.93 bits per heavy atom. The molecule has 2 aromatic heterocycles. The van der Waals surface area contributed by atoms with Crippen LogP contribution in [0, 0.1) is 0 Å². The third-order valence-electron chi connectivity index (χ3n) is 4.97. The number of aromatic nitrogens is 3. The summed E-state index contributed by atoms with van der Waals surface area (Å²) in [5.41, 5.74) is 9.01. The van der Waals surface area contributed by atoms with Gasteiger partial charge in [-0.05, 0) is 23.8 Å². The summed E-state index contributed by atoms with van der Waals surface area (Å²) in [7, 11) is 0. The van der Waals surface area contributed by atoms with Crippen molar-refractivity contribution in [1.82, 2.24) is 25.5 Å². The number of carbonyl (C=O) groups excluding carboxylic acids is 1. The average molecular weight is 401 g/mol. The van der Waals surface area contributed by atoms with Gasteiger partial charge in [0.15, 0.2) is 6.17 Å². The second-order valence-electron chi connectivity index (χ2n) is 6.91. The monoisotopic (exact) mass is 401 g/mol. The fraction of sp³-hybridized carbons (Fsp3) is 0.143. The van der Waals surface area contributed by atoms with Crippen LogP contribution < -0.4 is 16.4 Å². The van der Waals surface area contributed by atoms with E-state index in [0.29, 0.717) is 30.1 Å². The summed E-state index contributed by atoms with van der Waals surface area (Å²) in [5.74, 6) is 0.780. The van der Waals surface area contributed by atoms with Crippen molar-refractivity contribution in [2.45, 2.75) is 19.1 Å². The maximum Gasteiger partial charge on any atom is 0.267 e. The highest BCUT2D eigenvalue weighted by molar-refractivity contribution is 6.00. The number of benzene rings is 1. The van der Waals surface area contributed by atoms with Crippen LogP contribution in [0.3, 0.4) is 0 Å². The molecule has 3 aromatic rings. The number of primary amides is 1. The highest BCUT2D eigenvalue weighted by Gasteiger charge is 2.29. The molecular weight excluding hydrogens is 382 g/mol. The minimum Gasteiger partial charge on any atom is -0.449 e. The molecule has 2 aliphatic rings. The largest absolute Gasteiger partial charge is 0.449 e. The van der Waals surface area contributed by atoms with Gasteiger partial charge in [-0.1, -0.05) is 41.6 Å². The molecule has 2 aliphatic heterocycles. The number of fused-ring (bicyclic) bond motifs is 1. The summed E-state index contributed by atoms with van der Waals surface area (Å²) in [5, 5.41) is 15.1. The number of amidine groups is 1. The van der Waals surface area contributed by atoms with Gasteiger partial charge in [0, 0.05) is 13.0 Å². The topological polar surface area (TPSA) is 119 Å². The Hall–Kier alpha value is -4.14. The number of hydrogen-bond donors (Lipinski definition) is 3. The highest BCUT2D eigenvalue weighted by atomic mass is 16.5. The van der Waals surface area contributed by atoms with E-state index in [1.54, 1.807) is 18.4 Å². The van der Waals surface area contributed by atoms with E-state index in [-0.39, 0.29) is 5.69 Å². The van der Waals surface area contributed by atoms with Crippen LogP contribution in [-0.4, -0.2) is 26.6 Å². The first-order valence-electron chi connectivity index (χ1n) is 9.52. The molecule has 0 saturated heterocycles. The van der Waals surface area contributed by atoms with Crippen LogP contribution in [0.2, 0.25) is 0 Å². The van der Waals surface area contributed by atoms with Crippen molar-refractivity contribution in [2.75, 3.05) is 0 Å². The normalized spacial score (nSPS) is 17.7. The minimum atomic E-state index is -0.576. The van der Waals surface area contributed by atoms with E-state index in [9.17, 15) is 4.79 Å². The van der Waals surface area contributed by atoms with Crippen molar-refractivity contribution in [3.8, 4) is 0 Å². The first-order chi connectivity index (χ1) is 14.7.